The molecule has 1 N–H and O–H groups in total. The Kier molecular flexibility index (Phi) is 3.89. The van der Waals surface area contributed by atoms with Crippen LogP contribution in [-0.4, -0.2) is 51.0 Å². The molecule has 2 aliphatic rings. The van der Waals surface area contributed by atoms with Gasteiger partial charge in [-0.15, -0.1) is 0 Å². The molecule has 2 aromatic rings. The Morgan fingerprint density at radius 2 is 2.15 bits per heavy atom. The van der Waals surface area contributed by atoms with Gasteiger partial charge in [-0.2, -0.15) is 0 Å². The molecule has 0 radical (unpaired) electrons. The maximum Gasteiger partial charge on any atom is 0.410 e. The molecule has 1 aliphatic carbocycles. The molecular weight excluding hydrogens is 332 g/mol. The Morgan fingerprint density at radius 3 is 2.92 bits per heavy atom. The van der Waals surface area contributed by atoms with Gasteiger partial charge in [0.25, 0.3) is 5.91 Å². The summed E-state index contributed by atoms with van der Waals surface area (Å²) in [7, 11) is 0. The van der Waals surface area contributed by atoms with Gasteiger partial charge in [0, 0.05) is 19.3 Å². The highest BCUT2D eigenvalue weighted by Gasteiger charge is 2.54. The van der Waals surface area contributed by atoms with Crippen LogP contribution in [0.1, 0.15) is 37.7 Å². The lowest BCUT2D eigenvalue weighted by molar-refractivity contribution is 0.0192. The normalized spacial score (nSPS) is 24.4. The van der Waals surface area contributed by atoms with Crippen molar-refractivity contribution >= 4 is 17.6 Å². The number of nitrogens with zero attached hydrogens (tertiary/aromatic N) is 3. The molecule has 3 heterocycles. The second kappa shape index (κ2) is 6.00. The van der Waals surface area contributed by atoms with E-state index in [1.165, 1.54) is 0 Å². The first-order valence-corrected chi connectivity index (χ1v) is 9.03. The summed E-state index contributed by atoms with van der Waals surface area (Å²) in [6, 6.07) is 5.60. The van der Waals surface area contributed by atoms with E-state index >= 15 is 0 Å². The van der Waals surface area contributed by atoms with Gasteiger partial charge in [-0.1, -0.05) is 6.07 Å². The zero-order valence-electron chi connectivity index (χ0n) is 15.3. The van der Waals surface area contributed by atoms with Crippen LogP contribution in [0.4, 0.5) is 4.79 Å². The van der Waals surface area contributed by atoms with Crippen molar-refractivity contribution in [3.63, 3.8) is 0 Å². The molecule has 1 saturated carbocycles. The summed E-state index contributed by atoms with van der Waals surface area (Å²) < 4.78 is 7.28. The first-order valence-electron chi connectivity index (χ1n) is 9.03. The Labute approximate surface area is 152 Å². The Morgan fingerprint density at radius 1 is 1.35 bits per heavy atom. The van der Waals surface area contributed by atoms with E-state index < -0.39 is 5.60 Å². The first-order chi connectivity index (χ1) is 12.3. The number of hydrogen-bond donors (Lipinski definition) is 1. The molecule has 7 heteroatoms. The Hall–Kier alpha value is -2.57. The first kappa shape index (κ1) is 16.9. The van der Waals surface area contributed by atoms with Gasteiger partial charge >= 0.3 is 6.09 Å². The van der Waals surface area contributed by atoms with Crippen molar-refractivity contribution < 1.29 is 14.3 Å². The molecule has 2 amide bonds. The summed E-state index contributed by atoms with van der Waals surface area (Å²) >= 11 is 0. The summed E-state index contributed by atoms with van der Waals surface area (Å²) in [6.45, 7) is 6.74. The van der Waals surface area contributed by atoms with Crippen LogP contribution in [0.15, 0.2) is 30.6 Å². The average molecular weight is 356 g/mol. The third kappa shape index (κ3) is 3.13. The quantitative estimate of drug-likeness (QED) is 0.916. The highest BCUT2D eigenvalue weighted by Crippen LogP contribution is 2.49. The number of piperidine rings is 1. The molecule has 1 saturated heterocycles. The number of pyridine rings is 1. The number of ether oxygens (including phenoxy) is 1. The van der Waals surface area contributed by atoms with Crippen LogP contribution in [0.25, 0.3) is 5.65 Å². The van der Waals surface area contributed by atoms with Crippen LogP contribution >= 0.6 is 0 Å². The predicted molar refractivity (Wildman–Crippen MR) is 95.9 cm³/mol. The molecule has 0 unspecified atom stereocenters. The molecule has 2 fully saturated rings. The van der Waals surface area contributed by atoms with Crippen LogP contribution in [0.2, 0.25) is 0 Å². The van der Waals surface area contributed by atoms with Crippen molar-refractivity contribution in [3.8, 4) is 0 Å². The SMILES string of the molecule is CC(C)(C)OC(=O)N1C[C@@H]2C[C@@H]2[C@H]1CNC(=O)c1cnc2ccccn12. The van der Waals surface area contributed by atoms with Gasteiger partial charge in [0.2, 0.25) is 0 Å². The number of rotatable bonds is 3. The minimum Gasteiger partial charge on any atom is -0.444 e. The molecule has 138 valence electrons. The smallest absolute Gasteiger partial charge is 0.410 e. The fourth-order valence-corrected chi connectivity index (χ4v) is 3.75. The van der Waals surface area contributed by atoms with Gasteiger partial charge in [-0.3, -0.25) is 9.20 Å². The van der Waals surface area contributed by atoms with Crippen LogP contribution in [0.5, 0.6) is 0 Å². The number of carbonyl (C=O) groups excluding carboxylic acids is 2. The lowest BCUT2D eigenvalue weighted by atomic mass is 10.2. The highest BCUT2D eigenvalue weighted by molar-refractivity contribution is 5.93. The zero-order chi connectivity index (χ0) is 18.5. The third-order valence-corrected chi connectivity index (χ3v) is 5.05. The molecule has 26 heavy (non-hydrogen) atoms. The molecule has 0 spiro atoms. The number of amides is 2. The number of aromatic nitrogens is 2. The van der Waals surface area contributed by atoms with E-state index in [1.807, 2.05) is 45.2 Å². The van der Waals surface area contributed by atoms with Crippen molar-refractivity contribution in [1.29, 1.82) is 0 Å². The van der Waals surface area contributed by atoms with Gasteiger partial charge in [0.05, 0.1) is 12.2 Å². The van der Waals surface area contributed by atoms with Crippen molar-refractivity contribution in [2.24, 2.45) is 11.8 Å². The van der Waals surface area contributed by atoms with Crippen molar-refractivity contribution in [1.82, 2.24) is 19.6 Å². The highest BCUT2D eigenvalue weighted by atomic mass is 16.6. The van der Waals surface area contributed by atoms with E-state index in [0.717, 1.165) is 18.6 Å². The van der Waals surface area contributed by atoms with E-state index in [0.29, 0.717) is 24.1 Å². The van der Waals surface area contributed by atoms with Gasteiger partial charge in [-0.05, 0) is 51.2 Å². The van der Waals surface area contributed by atoms with Gasteiger partial charge in [0.15, 0.2) is 0 Å². The topological polar surface area (TPSA) is 75.9 Å². The van der Waals surface area contributed by atoms with Crippen molar-refractivity contribution in [3.05, 3.63) is 36.3 Å². The maximum atomic E-state index is 12.6. The Balaban J connectivity index is 1.43. The number of imidazole rings is 1. The summed E-state index contributed by atoms with van der Waals surface area (Å²) in [6.07, 6.45) is 4.22. The molecule has 2 aromatic heterocycles. The van der Waals surface area contributed by atoms with E-state index in [4.69, 9.17) is 4.74 Å². The molecule has 0 aromatic carbocycles. The molecular formula is C19H24N4O3. The summed E-state index contributed by atoms with van der Waals surface area (Å²) in [4.78, 5) is 31.1. The standard InChI is InChI=1S/C19H24N4O3/c1-19(2,3)26-18(25)23-11-12-8-13(12)14(23)9-21-17(24)15-10-20-16-6-4-5-7-22(15)16/h4-7,10,12-14H,8-9,11H2,1-3H3,(H,21,24)/t12-,13-,14+/m0/s1. The fourth-order valence-electron chi connectivity index (χ4n) is 3.75. The third-order valence-electron chi connectivity index (χ3n) is 5.05. The summed E-state index contributed by atoms with van der Waals surface area (Å²) in [5, 5.41) is 2.97. The molecule has 0 bridgehead atoms. The molecule has 7 nitrogen and oxygen atoms in total. The van der Waals surface area contributed by atoms with Crippen LogP contribution in [0.3, 0.4) is 0 Å². The second-order valence-electron chi connectivity index (χ2n) is 8.14. The van der Waals surface area contributed by atoms with Gasteiger partial charge < -0.3 is 15.0 Å². The number of hydrogen-bond acceptors (Lipinski definition) is 4. The van der Waals surface area contributed by atoms with Gasteiger partial charge in [-0.25, -0.2) is 9.78 Å². The molecule has 1 aliphatic heterocycles. The summed E-state index contributed by atoms with van der Waals surface area (Å²) in [5.41, 5.74) is 0.708. The van der Waals surface area contributed by atoms with E-state index in [-0.39, 0.29) is 18.0 Å². The minimum atomic E-state index is -0.520. The maximum absolute atomic E-state index is 12.6. The van der Waals surface area contributed by atoms with Crippen LogP contribution in [0, 0.1) is 11.8 Å². The number of nitrogens with one attached hydrogen (secondary N) is 1. The monoisotopic (exact) mass is 356 g/mol. The van der Waals surface area contributed by atoms with Crippen molar-refractivity contribution in [2.75, 3.05) is 13.1 Å². The van der Waals surface area contributed by atoms with E-state index in [1.54, 1.807) is 15.5 Å². The molecule has 4 rings (SSSR count). The van der Waals surface area contributed by atoms with Crippen LogP contribution in [-0.2, 0) is 4.74 Å². The second-order valence-corrected chi connectivity index (χ2v) is 8.14. The van der Waals surface area contributed by atoms with Crippen molar-refractivity contribution in [2.45, 2.75) is 38.8 Å². The predicted octanol–water partition coefficient (Wildman–Crippen LogP) is 2.32. The van der Waals surface area contributed by atoms with Crippen LogP contribution < -0.4 is 5.32 Å². The van der Waals surface area contributed by atoms with Gasteiger partial charge in [0.1, 0.15) is 16.9 Å². The molecule has 3 atom stereocenters. The minimum absolute atomic E-state index is 0.00187. The number of fused-ring (bicyclic) bond motifs is 2. The lowest BCUT2D eigenvalue weighted by Crippen LogP contribution is -2.47. The van der Waals surface area contributed by atoms with E-state index in [9.17, 15) is 9.59 Å². The largest absolute Gasteiger partial charge is 0.444 e. The fraction of sp³-hybridized carbons (Fsp3) is 0.526. The number of carbonyl (C=O) groups is 2. The zero-order valence-corrected chi connectivity index (χ0v) is 15.3. The number of likely N-dealkylation sites (tertiary alicyclic amines) is 1. The average Bonchev–Trinajstić information content (AvgIpc) is 3.06. The Bertz CT molecular complexity index is 854. The summed E-state index contributed by atoms with van der Waals surface area (Å²) in [5.74, 6) is 0.821. The lowest BCUT2D eigenvalue weighted by Gasteiger charge is -2.30. The van der Waals surface area contributed by atoms with E-state index in [2.05, 4.69) is 10.3 Å².